The predicted molar refractivity (Wildman–Crippen MR) is 93.1 cm³/mol. The highest BCUT2D eigenvalue weighted by molar-refractivity contribution is 5.90. The van der Waals surface area contributed by atoms with E-state index >= 15 is 0 Å². The second-order valence-electron chi connectivity index (χ2n) is 6.63. The third-order valence-electron chi connectivity index (χ3n) is 4.64. The van der Waals surface area contributed by atoms with Crippen molar-refractivity contribution in [2.45, 2.75) is 38.6 Å². The van der Waals surface area contributed by atoms with Crippen LogP contribution in [-0.2, 0) is 4.74 Å². The fourth-order valence-electron chi connectivity index (χ4n) is 3.16. The molecular weight excluding hydrogens is 306 g/mol. The van der Waals surface area contributed by atoms with Crippen LogP contribution in [0.2, 0.25) is 0 Å². The Morgan fingerprint density at radius 1 is 1.08 bits per heavy atom. The number of carbonyl (C=O) groups excluding carboxylic acids is 2. The first kappa shape index (κ1) is 16.6. The van der Waals surface area contributed by atoms with Crippen molar-refractivity contribution in [3.05, 3.63) is 24.3 Å². The van der Waals surface area contributed by atoms with Crippen molar-refractivity contribution >= 4 is 23.5 Å². The zero-order valence-electron chi connectivity index (χ0n) is 14.2. The molecule has 130 valence electrons. The van der Waals surface area contributed by atoms with Gasteiger partial charge in [-0.25, -0.2) is 9.59 Å². The van der Waals surface area contributed by atoms with E-state index < -0.39 is 6.09 Å². The molecule has 2 N–H and O–H groups in total. The summed E-state index contributed by atoms with van der Waals surface area (Å²) in [5.41, 5.74) is 1.35. The Morgan fingerprint density at radius 2 is 1.58 bits per heavy atom. The summed E-state index contributed by atoms with van der Waals surface area (Å²) in [5.74, 6) is 1.37. The molecule has 0 spiro atoms. The number of nitrogens with one attached hydrogen (secondary N) is 2. The van der Waals surface area contributed by atoms with Crippen LogP contribution in [0, 0.1) is 11.8 Å². The molecule has 1 aromatic carbocycles. The van der Waals surface area contributed by atoms with Crippen molar-refractivity contribution in [1.82, 2.24) is 4.90 Å². The number of nitrogens with zero attached hydrogens (tertiary/aromatic N) is 1. The molecule has 1 aromatic rings. The van der Waals surface area contributed by atoms with Gasteiger partial charge in [0.2, 0.25) is 0 Å². The lowest BCUT2D eigenvalue weighted by molar-refractivity contribution is 0.168. The summed E-state index contributed by atoms with van der Waals surface area (Å²) in [5, 5.41) is 5.56. The molecule has 0 aliphatic heterocycles. The topological polar surface area (TPSA) is 70.7 Å². The van der Waals surface area contributed by atoms with Crippen molar-refractivity contribution < 1.29 is 14.3 Å². The van der Waals surface area contributed by atoms with Crippen LogP contribution in [0.4, 0.5) is 21.0 Å². The average molecular weight is 331 g/mol. The summed E-state index contributed by atoms with van der Waals surface area (Å²) >= 11 is 0. The molecule has 0 bridgehead atoms. The molecule has 0 saturated heterocycles. The highest BCUT2D eigenvalue weighted by Gasteiger charge is 2.44. The van der Waals surface area contributed by atoms with Gasteiger partial charge < -0.3 is 15.0 Å². The van der Waals surface area contributed by atoms with Crippen LogP contribution in [0.1, 0.15) is 32.6 Å². The van der Waals surface area contributed by atoms with Gasteiger partial charge in [-0.1, -0.05) is 0 Å². The first-order valence-corrected chi connectivity index (χ1v) is 8.66. The molecule has 0 aromatic heterocycles. The van der Waals surface area contributed by atoms with Crippen molar-refractivity contribution in [2.24, 2.45) is 11.8 Å². The molecule has 0 atom stereocenters. The van der Waals surface area contributed by atoms with Gasteiger partial charge in [0.15, 0.2) is 0 Å². The van der Waals surface area contributed by atoms with Crippen LogP contribution >= 0.6 is 0 Å². The number of urea groups is 1. The molecule has 0 unspecified atom stereocenters. The van der Waals surface area contributed by atoms with Gasteiger partial charge in [-0.3, -0.25) is 5.32 Å². The zero-order valence-corrected chi connectivity index (χ0v) is 14.2. The van der Waals surface area contributed by atoms with Crippen LogP contribution in [0.15, 0.2) is 24.3 Å². The molecule has 2 aliphatic carbocycles. The zero-order chi connectivity index (χ0) is 17.1. The van der Waals surface area contributed by atoms with Crippen molar-refractivity contribution in [1.29, 1.82) is 0 Å². The lowest BCUT2D eigenvalue weighted by atomic mass is 10.1. The number of carbonyl (C=O) groups is 2. The standard InChI is InChI=1S/C18H25N3O3/c1-3-24-18(23)20-15-10-8-14(9-11-15)19-17(22)21(2)16(12-4-5-12)13-6-7-13/h8-13,16H,3-7H2,1-2H3,(H,19,22)(H,20,23). The van der Waals surface area contributed by atoms with Crippen LogP contribution in [0.3, 0.4) is 0 Å². The molecule has 3 amide bonds. The van der Waals surface area contributed by atoms with Gasteiger partial charge in [-0.15, -0.1) is 0 Å². The number of rotatable bonds is 6. The molecule has 0 radical (unpaired) electrons. The summed E-state index contributed by atoms with van der Waals surface area (Å²) < 4.78 is 4.83. The maximum atomic E-state index is 12.5. The first-order valence-electron chi connectivity index (χ1n) is 8.66. The Hall–Kier alpha value is -2.24. The van der Waals surface area contributed by atoms with E-state index in [2.05, 4.69) is 10.6 Å². The van der Waals surface area contributed by atoms with E-state index in [4.69, 9.17) is 4.74 Å². The lowest BCUT2D eigenvalue weighted by Crippen LogP contribution is -2.42. The second kappa shape index (κ2) is 7.11. The summed E-state index contributed by atoms with van der Waals surface area (Å²) in [6.07, 6.45) is 4.49. The van der Waals surface area contributed by atoms with E-state index in [0.717, 1.165) is 0 Å². The normalized spacial score (nSPS) is 16.6. The Bertz CT molecular complexity index is 582. The first-order chi connectivity index (χ1) is 11.6. The monoisotopic (exact) mass is 331 g/mol. The molecule has 6 nitrogen and oxygen atoms in total. The maximum absolute atomic E-state index is 12.5. The molecule has 2 saturated carbocycles. The van der Waals surface area contributed by atoms with E-state index in [1.165, 1.54) is 25.7 Å². The van der Waals surface area contributed by atoms with E-state index in [9.17, 15) is 9.59 Å². The van der Waals surface area contributed by atoms with E-state index in [0.29, 0.717) is 35.9 Å². The van der Waals surface area contributed by atoms with Crippen LogP contribution in [0.25, 0.3) is 0 Å². The largest absolute Gasteiger partial charge is 0.450 e. The minimum atomic E-state index is -0.481. The summed E-state index contributed by atoms with van der Waals surface area (Å²) in [7, 11) is 1.90. The molecule has 0 heterocycles. The fourth-order valence-corrected chi connectivity index (χ4v) is 3.16. The van der Waals surface area contributed by atoms with Crippen molar-refractivity contribution in [2.75, 3.05) is 24.3 Å². The second-order valence-corrected chi connectivity index (χ2v) is 6.63. The third-order valence-corrected chi connectivity index (χ3v) is 4.64. The number of ether oxygens (including phenoxy) is 1. The fraction of sp³-hybridized carbons (Fsp3) is 0.556. The smallest absolute Gasteiger partial charge is 0.411 e. The summed E-state index contributed by atoms with van der Waals surface area (Å²) in [6, 6.07) is 7.35. The quantitative estimate of drug-likeness (QED) is 0.830. The minimum absolute atomic E-state index is 0.0649. The van der Waals surface area contributed by atoms with E-state index in [-0.39, 0.29) is 6.03 Å². The minimum Gasteiger partial charge on any atom is -0.450 e. The molecule has 3 rings (SSSR count). The van der Waals surface area contributed by atoms with Gasteiger partial charge in [0, 0.05) is 24.5 Å². The number of anilines is 2. The van der Waals surface area contributed by atoms with Gasteiger partial charge in [0.25, 0.3) is 0 Å². The van der Waals surface area contributed by atoms with Crippen molar-refractivity contribution in [3.63, 3.8) is 0 Å². The van der Waals surface area contributed by atoms with Gasteiger partial charge >= 0.3 is 12.1 Å². The highest BCUT2D eigenvalue weighted by Crippen LogP contribution is 2.46. The highest BCUT2D eigenvalue weighted by atomic mass is 16.5. The average Bonchev–Trinajstić information content (AvgIpc) is 3.44. The Balaban J connectivity index is 1.55. The Morgan fingerprint density at radius 3 is 2.04 bits per heavy atom. The molecule has 2 aliphatic rings. The van der Waals surface area contributed by atoms with Crippen LogP contribution in [0.5, 0.6) is 0 Å². The number of hydrogen-bond donors (Lipinski definition) is 2. The predicted octanol–water partition coefficient (Wildman–Crippen LogP) is 3.91. The number of hydrogen-bond acceptors (Lipinski definition) is 3. The lowest BCUT2D eigenvalue weighted by Gasteiger charge is -2.28. The third kappa shape index (κ3) is 4.19. The van der Waals surface area contributed by atoms with Crippen LogP contribution < -0.4 is 10.6 Å². The Kier molecular flexibility index (Phi) is 4.92. The van der Waals surface area contributed by atoms with Gasteiger partial charge in [0.05, 0.1) is 6.61 Å². The number of amides is 3. The Labute approximate surface area is 142 Å². The van der Waals surface area contributed by atoms with Gasteiger partial charge in [-0.2, -0.15) is 0 Å². The summed E-state index contributed by atoms with van der Waals surface area (Å²) in [6.45, 7) is 2.08. The van der Waals surface area contributed by atoms with Crippen molar-refractivity contribution in [3.8, 4) is 0 Å². The van der Waals surface area contributed by atoms with Crippen LogP contribution in [-0.4, -0.2) is 36.7 Å². The molecular formula is C18H25N3O3. The maximum Gasteiger partial charge on any atom is 0.411 e. The molecule has 24 heavy (non-hydrogen) atoms. The SMILES string of the molecule is CCOC(=O)Nc1ccc(NC(=O)N(C)C(C2CC2)C2CC2)cc1. The van der Waals surface area contributed by atoms with Gasteiger partial charge in [0.1, 0.15) is 0 Å². The van der Waals surface area contributed by atoms with E-state index in [1.807, 2.05) is 11.9 Å². The number of benzene rings is 1. The van der Waals surface area contributed by atoms with E-state index in [1.54, 1.807) is 31.2 Å². The van der Waals surface area contributed by atoms with Gasteiger partial charge in [-0.05, 0) is 68.7 Å². The molecule has 6 heteroatoms. The summed E-state index contributed by atoms with van der Waals surface area (Å²) in [4.78, 5) is 25.7. The molecule has 2 fully saturated rings.